The number of benzene rings is 1. The average Bonchev–Trinajstić information content (AvgIpc) is 3.29. The highest BCUT2D eigenvalue weighted by Crippen LogP contribution is 2.33. The van der Waals surface area contributed by atoms with Crippen LogP contribution in [0.1, 0.15) is 38.2 Å². The highest BCUT2D eigenvalue weighted by Gasteiger charge is 2.33. The number of ether oxygens (including phenoxy) is 2. The minimum absolute atomic E-state index is 0.156. The van der Waals surface area contributed by atoms with Crippen molar-refractivity contribution in [1.82, 2.24) is 14.9 Å². The summed E-state index contributed by atoms with van der Waals surface area (Å²) in [5.41, 5.74) is 1.10. The fourth-order valence-corrected chi connectivity index (χ4v) is 4.43. The van der Waals surface area contributed by atoms with E-state index >= 15 is 0 Å². The van der Waals surface area contributed by atoms with Gasteiger partial charge in [-0.2, -0.15) is 0 Å². The number of hydrogen-bond donors (Lipinski definition) is 0. The predicted octanol–water partition coefficient (Wildman–Crippen LogP) is 3.81. The highest BCUT2D eigenvalue weighted by molar-refractivity contribution is 5.79. The highest BCUT2D eigenvalue weighted by atomic mass is 16.5. The van der Waals surface area contributed by atoms with Crippen LogP contribution >= 0.6 is 0 Å². The molecule has 1 unspecified atom stereocenters. The average molecular weight is 411 g/mol. The van der Waals surface area contributed by atoms with E-state index in [0.717, 1.165) is 43.9 Å². The van der Waals surface area contributed by atoms with Gasteiger partial charge in [-0.25, -0.2) is 9.97 Å². The van der Waals surface area contributed by atoms with Crippen LogP contribution in [0.2, 0.25) is 0 Å². The standard InChI is InChI=1S/C23H30N4O3/c1-16-8-9-19(20(12-16)29-3)30-22-13-21(24-15-25-22)26-10-11-27(17(2)14-26)23(28)18-6-4-5-7-18/h8-9,12-13,15,17-18H,4-7,10-11,14H2,1-3H3. The second-order valence-corrected chi connectivity index (χ2v) is 8.28. The lowest BCUT2D eigenvalue weighted by Gasteiger charge is -2.41. The van der Waals surface area contributed by atoms with E-state index in [4.69, 9.17) is 9.47 Å². The second-order valence-electron chi connectivity index (χ2n) is 8.28. The summed E-state index contributed by atoms with van der Waals surface area (Å²) >= 11 is 0. The molecular formula is C23H30N4O3. The molecule has 1 aromatic carbocycles. The Labute approximate surface area is 178 Å². The maximum absolute atomic E-state index is 12.8. The third-order valence-electron chi connectivity index (χ3n) is 6.10. The van der Waals surface area contributed by atoms with Crippen molar-refractivity contribution >= 4 is 11.7 Å². The molecule has 7 heteroatoms. The van der Waals surface area contributed by atoms with Crippen LogP contribution in [-0.2, 0) is 4.79 Å². The van der Waals surface area contributed by atoms with Crippen molar-refractivity contribution in [3.63, 3.8) is 0 Å². The van der Waals surface area contributed by atoms with Gasteiger partial charge in [0.15, 0.2) is 11.5 Å². The molecule has 160 valence electrons. The number of amides is 1. The van der Waals surface area contributed by atoms with E-state index in [-0.39, 0.29) is 12.0 Å². The zero-order chi connectivity index (χ0) is 21.1. The minimum Gasteiger partial charge on any atom is -0.493 e. The molecule has 0 spiro atoms. The molecule has 1 aromatic heterocycles. The van der Waals surface area contributed by atoms with Crippen LogP contribution in [0.5, 0.6) is 17.4 Å². The van der Waals surface area contributed by atoms with E-state index in [1.165, 1.54) is 19.2 Å². The number of methoxy groups -OCH3 is 1. The summed E-state index contributed by atoms with van der Waals surface area (Å²) in [5, 5.41) is 0. The molecule has 4 rings (SSSR count). The first-order valence-electron chi connectivity index (χ1n) is 10.7. The van der Waals surface area contributed by atoms with Crippen LogP contribution in [0.15, 0.2) is 30.6 Å². The first kappa shape index (κ1) is 20.4. The van der Waals surface area contributed by atoms with Gasteiger partial charge in [0.25, 0.3) is 0 Å². The Kier molecular flexibility index (Phi) is 6.06. The number of anilines is 1. The Morgan fingerprint density at radius 2 is 1.90 bits per heavy atom. The fourth-order valence-electron chi connectivity index (χ4n) is 4.43. The number of nitrogens with zero attached hydrogens (tertiary/aromatic N) is 4. The number of rotatable bonds is 5. The van der Waals surface area contributed by atoms with E-state index in [1.807, 2.05) is 31.2 Å². The molecule has 0 bridgehead atoms. The Morgan fingerprint density at radius 1 is 1.10 bits per heavy atom. The van der Waals surface area contributed by atoms with Gasteiger partial charge in [-0.3, -0.25) is 4.79 Å². The molecule has 0 radical (unpaired) electrons. The van der Waals surface area contributed by atoms with Gasteiger partial charge in [-0.05, 0) is 44.4 Å². The predicted molar refractivity (Wildman–Crippen MR) is 115 cm³/mol. The first-order valence-corrected chi connectivity index (χ1v) is 10.7. The minimum atomic E-state index is 0.156. The molecule has 1 aliphatic heterocycles. The Morgan fingerprint density at radius 3 is 2.63 bits per heavy atom. The Hall–Kier alpha value is -2.83. The van der Waals surface area contributed by atoms with Gasteiger partial charge in [0.05, 0.1) is 7.11 Å². The summed E-state index contributed by atoms with van der Waals surface area (Å²) in [7, 11) is 1.63. The van der Waals surface area contributed by atoms with E-state index in [9.17, 15) is 4.79 Å². The van der Waals surface area contributed by atoms with Crippen LogP contribution in [0.25, 0.3) is 0 Å². The van der Waals surface area contributed by atoms with Gasteiger partial charge < -0.3 is 19.3 Å². The number of carbonyl (C=O) groups is 1. The zero-order valence-corrected chi connectivity index (χ0v) is 18.0. The number of piperazine rings is 1. The first-order chi connectivity index (χ1) is 14.5. The lowest BCUT2D eigenvalue weighted by Crippen LogP contribution is -2.55. The summed E-state index contributed by atoms with van der Waals surface area (Å²) in [6.45, 7) is 6.36. The van der Waals surface area contributed by atoms with Gasteiger partial charge in [0.1, 0.15) is 12.1 Å². The third kappa shape index (κ3) is 4.35. The Balaban J connectivity index is 1.44. The third-order valence-corrected chi connectivity index (χ3v) is 6.10. The smallest absolute Gasteiger partial charge is 0.226 e. The number of hydrogen-bond acceptors (Lipinski definition) is 6. The molecule has 1 saturated carbocycles. The van der Waals surface area contributed by atoms with E-state index in [0.29, 0.717) is 23.3 Å². The van der Waals surface area contributed by atoms with Gasteiger partial charge in [0.2, 0.25) is 11.8 Å². The lowest BCUT2D eigenvalue weighted by atomic mass is 10.0. The van der Waals surface area contributed by atoms with E-state index in [2.05, 4.69) is 26.7 Å². The summed E-state index contributed by atoms with van der Waals surface area (Å²) in [6, 6.07) is 7.79. The molecule has 0 N–H and O–H groups in total. The van der Waals surface area contributed by atoms with Crippen LogP contribution in [0.4, 0.5) is 5.82 Å². The maximum atomic E-state index is 12.8. The normalized spacial score (nSPS) is 19.8. The van der Waals surface area contributed by atoms with Gasteiger partial charge in [-0.15, -0.1) is 0 Å². The Bertz CT molecular complexity index is 898. The molecule has 2 aliphatic rings. The van der Waals surface area contributed by atoms with Crippen LogP contribution in [0.3, 0.4) is 0 Å². The number of aromatic nitrogens is 2. The van der Waals surface area contributed by atoms with Crippen LogP contribution < -0.4 is 14.4 Å². The van der Waals surface area contributed by atoms with Crippen molar-refractivity contribution in [2.45, 2.75) is 45.6 Å². The van der Waals surface area contributed by atoms with Gasteiger partial charge in [0, 0.05) is 37.7 Å². The quantitative estimate of drug-likeness (QED) is 0.747. The molecule has 2 fully saturated rings. The molecule has 1 aliphatic carbocycles. The molecular weight excluding hydrogens is 380 g/mol. The van der Waals surface area contributed by atoms with Crippen molar-refractivity contribution in [3.05, 3.63) is 36.2 Å². The van der Waals surface area contributed by atoms with Crippen LogP contribution in [-0.4, -0.2) is 53.6 Å². The summed E-state index contributed by atoms with van der Waals surface area (Å²) in [5.74, 6) is 3.13. The SMILES string of the molecule is COc1cc(C)ccc1Oc1cc(N2CCN(C(=O)C3CCCC3)C(C)C2)ncn1. The van der Waals surface area contributed by atoms with Crippen molar-refractivity contribution in [2.75, 3.05) is 31.6 Å². The largest absolute Gasteiger partial charge is 0.493 e. The van der Waals surface area contributed by atoms with Gasteiger partial charge in [-0.1, -0.05) is 18.9 Å². The fraction of sp³-hybridized carbons (Fsp3) is 0.522. The second kappa shape index (κ2) is 8.90. The molecule has 1 saturated heterocycles. The topological polar surface area (TPSA) is 67.8 Å². The lowest BCUT2D eigenvalue weighted by molar-refractivity contribution is -0.137. The van der Waals surface area contributed by atoms with Crippen molar-refractivity contribution in [2.24, 2.45) is 5.92 Å². The van der Waals surface area contributed by atoms with E-state index in [1.54, 1.807) is 7.11 Å². The summed E-state index contributed by atoms with van der Waals surface area (Å²) in [6.07, 6.45) is 5.97. The zero-order valence-electron chi connectivity index (χ0n) is 18.0. The van der Waals surface area contributed by atoms with Crippen molar-refractivity contribution in [3.8, 4) is 17.4 Å². The van der Waals surface area contributed by atoms with Crippen molar-refractivity contribution in [1.29, 1.82) is 0 Å². The number of aryl methyl sites for hydroxylation is 1. The molecule has 30 heavy (non-hydrogen) atoms. The number of carbonyl (C=O) groups excluding carboxylic acids is 1. The molecule has 2 heterocycles. The molecule has 1 amide bonds. The monoisotopic (exact) mass is 410 g/mol. The molecule has 1 atom stereocenters. The summed E-state index contributed by atoms with van der Waals surface area (Å²) in [4.78, 5) is 25.8. The van der Waals surface area contributed by atoms with Crippen molar-refractivity contribution < 1.29 is 14.3 Å². The van der Waals surface area contributed by atoms with Crippen LogP contribution in [0, 0.1) is 12.8 Å². The summed E-state index contributed by atoms with van der Waals surface area (Å²) < 4.78 is 11.4. The molecule has 7 nitrogen and oxygen atoms in total. The van der Waals surface area contributed by atoms with E-state index < -0.39 is 0 Å². The maximum Gasteiger partial charge on any atom is 0.226 e. The molecule has 2 aromatic rings. The van der Waals surface area contributed by atoms with Gasteiger partial charge >= 0.3 is 0 Å².